The molecule has 0 aliphatic rings. The Morgan fingerprint density at radius 2 is 1.54 bits per heavy atom. The summed E-state index contributed by atoms with van der Waals surface area (Å²) in [5, 5.41) is 31.8. The van der Waals surface area contributed by atoms with Crippen LogP contribution in [0.3, 0.4) is 0 Å². The van der Waals surface area contributed by atoms with Crippen LogP contribution in [0.4, 0.5) is 0 Å². The quantitative estimate of drug-likeness (QED) is 0.422. The zero-order valence-electron chi connectivity index (χ0n) is 15.4. The fraction of sp³-hybridized carbons (Fsp3) is 0.250. The topological polar surface area (TPSA) is 136 Å². The van der Waals surface area contributed by atoms with Gasteiger partial charge in [-0.3, -0.25) is 9.59 Å². The molecule has 0 aromatic heterocycles. The van der Waals surface area contributed by atoms with Crippen LogP contribution in [-0.4, -0.2) is 45.8 Å². The van der Waals surface area contributed by atoms with E-state index in [4.69, 9.17) is 10.2 Å². The highest BCUT2D eigenvalue weighted by Crippen LogP contribution is 2.03. The average molecular weight is 388 g/mol. The molecule has 0 fully saturated rings. The highest BCUT2D eigenvalue weighted by molar-refractivity contribution is 5.87. The van der Waals surface area contributed by atoms with E-state index in [2.05, 4.69) is 10.6 Å². The second-order valence-electron chi connectivity index (χ2n) is 5.89. The molecule has 0 unspecified atom stereocenters. The number of aliphatic hydroxyl groups excluding tert-OH is 2. The molecule has 2 rings (SSSR count). The summed E-state index contributed by atoms with van der Waals surface area (Å²) in [5.41, 5.74) is 2.07. The summed E-state index contributed by atoms with van der Waals surface area (Å²) in [6.45, 7) is 2.14. The monoisotopic (exact) mass is 388 g/mol. The van der Waals surface area contributed by atoms with Crippen molar-refractivity contribution < 1.29 is 29.7 Å². The second-order valence-corrected chi connectivity index (χ2v) is 5.89. The average Bonchev–Trinajstić information content (AvgIpc) is 2.71. The number of aliphatic hydroxyl groups is 2. The number of amides is 2. The maximum Gasteiger partial charge on any atom is 0.335 e. The molecular weight excluding hydrogens is 364 g/mol. The molecule has 0 saturated carbocycles. The summed E-state index contributed by atoms with van der Waals surface area (Å²) in [5.74, 6) is -1.51. The predicted octanol–water partition coefficient (Wildman–Crippen LogP) is 0.675. The lowest BCUT2D eigenvalue weighted by atomic mass is 10.1. The lowest BCUT2D eigenvalue weighted by Crippen LogP contribution is -2.40. The van der Waals surface area contributed by atoms with Crippen LogP contribution in [0.15, 0.2) is 54.6 Å². The van der Waals surface area contributed by atoms with Gasteiger partial charge in [-0.2, -0.15) is 0 Å². The SMILES string of the molecule is C[C@H](O)[C@@H](O)C(=O)NCc1ccccc1.O=CNCc1ccc(C(=O)O)cc1. The third kappa shape index (κ3) is 8.43. The van der Waals surface area contributed by atoms with Crippen molar-refractivity contribution >= 4 is 18.3 Å². The van der Waals surface area contributed by atoms with Crippen molar-refractivity contribution in [2.75, 3.05) is 0 Å². The van der Waals surface area contributed by atoms with Gasteiger partial charge in [0.2, 0.25) is 6.41 Å². The van der Waals surface area contributed by atoms with Gasteiger partial charge in [-0.05, 0) is 30.2 Å². The molecule has 2 aromatic carbocycles. The molecule has 150 valence electrons. The Labute approximate surface area is 162 Å². The fourth-order valence-corrected chi connectivity index (χ4v) is 2.03. The van der Waals surface area contributed by atoms with Crippen molar-refractivity contribution in [3.05, 3.63) is 71.3 Å². The van der Waals surface area contributed by atoms with E-state index in [0.717, 1.165) is 11.1 Å². The van der Waals surface area contributed by atoms with Gasteiger partial charge in [0.25, 0.3) is 5.91 Å². The van der Waals surface area contributed by atoms with E-state index in [1.54, 1.807) is 12.1 Å². The molecule has 0 aliphatic carbocycles. The number of rotatable bonds is 8. The first-order valence-corrected chi connectivity index (χ1v) is 8.52. The molecule has 0 heterocycles. The highest BCUT2D eigenvalue weighted by Gasteiger charge is 2.19. The van der Waals surface area contributed by atoms with Gasteiger partial charge in [0.05, 0.1) is 11.7 Å². The van der Waals surface area contributed by atoms with Crippen LogP contribution in [0.25, 0.3) is 0 Å². The fourth-order valence-electron chi connectivity index (χ4n) is 2.03. The minimum atomic E-state index is -1.37. The largest absolute Gasteiger partial charge is 0.478 e. The number of benzene rings is 2. The lowest BCUT2D eigenvalue weighted by Gasteiger charge is -2.13. The third-order valence-corrected chi connectivity index (χ3v) is 3.63. The third-order valence-electron chi connectivity index (χ3n) is 3.63. The summed E-state index contributed by atoms with van der Waals surface area (Å²) in [4.78, 5) is 31.6. The number of carboxylic acids is 1. The summed E-state index contributed by atoms with van der Waals surface area (Å²) in [7, 11) is 0. The minimum absolute atomic E-state index is 0.245. The highest BCUT2D eigenvalue weighted by atomic mass is 16.4. The maximum atomic E-state index is 11.2. The number of aromatic carboxylic acids is 1. The van der Waals surface area contributed by atoms with Gasteiger partial charge in [0.15, 0.2) is 6.10 Å². The van der Waals surface area contributed by atoms with Gasteiger partial charge in [-0.15, -0.1) is 0 Å². The van der Waals surface area contributed by atoms with E-state index in [9.17, 15) is 19.5 Å². The van der Waals surface area contributed by atoms with Crippen molar-refractivity contribution in [2.45, 2.75) is 32.2 Å². The summed E-state index contributed by atoms with van der Waals surface area (Å²) in [6.07, 6.45) is -1.82. The van der Waals surface area contributed by atoms with Crippen molar-refractivity contribution in [3.63, 3.8) is 0 Å². The van der Waals surface area contributed by atoms with E-state index in [0.29, 0.717) is 19.5 Å². The molecule has 8 heteroatoms. The van der Waals surface area contributed by atoms with Gasteiger partial charge in [-0.1, -0.05) is 42.5 Å². The number of hydrogen-bond donors (Lipinski definition) is 5. The molecule has 0 spiro atoms. The molecule has 2 aromatic rings. The van der Waals surface area contributed by atoms with E-state index >= 15 is 0 Å². The number of carbonyl (C=O) groups excluding carboxylic acids is 2. The van der Waals surface area contributed by atoms with Crippen LogP contribution in [0.5, 0.6) is 0 Å². The van der Waals surface area contributed by atoms with Crippen LogP contribution in [0.2, 0.25) is 0 Å². The lowest BCUT2D eigenvalue weighted by molar-refractivity contribution is -0.134. The Morgan fingerprint density at radius 1 is 0.964 bits per heavy atom. The second kappa shape index (κ2) is 12.2. The molecule has 2 amide bonds. The number of carboxylic acid groups (broad SMARTS) is 1. The Hall–Kier alpha value is -3.23. The molecule has 5 N–H and O–H groups in total. The van der Waals surface area contributed by atoms with Crippen LogP contribution in [0.1, 0.15) is 28.4 Å². The number of hydrogen-bond acceptors (Lipinski definition) is 5. The molecule has 8 nitrogen and oxygen atoms in total. The molecular formula is C20H24N2O6. The van der Waals surface area contributed by atoms with E-state index in [1.165, 1.54) is 19.1 Å². The Kier molecular flexibility index (Phi) is 9.95. The molecule has 0 aliphatic heterocycles. The van der Waals surface area contributed by atoms with E-state index < -0.39 is 24.1 Å². The first-order valence-electron chi connectivity index (χ1n) is 8.52. The van der Waals surface area contributed by atoms with E-state index in [1.807, 2.05) is 30.3 Å². The van der Waals surface area contributed by atoms with E-state index in [-0.39, 0.29) is 5.56 Å². The zero-order valence-corrected chi connectivity index (χ0v) is 15.4. The minimum Gasteiger partial charge on any atom is -0.478 e. The van der Waals surface area contributed by atoms with Gasteiger partial charge < -0.3 is 26.0 Å². The maximum absolute atomic E-state index is 11.2. The normalized spacial score (nSPS) is 12.0. The Balaban J connectivity index is 0.000000283. The Bertz CT molecular complexity index is 747. The molecule has 0 radical (unpaired) electrons. The molecule has 0 saturated heterocycles. The van der Waals surface area contributed by atoms with Crippen LogP contribution < -0.4 is 10.6 Å². The molecule has 28 heavy (non-hydrogen) atoms. The van der Waals surface area contributed by atoms with Gasteiger partial charge in [-0.25, -0.2) is 4.79 Å². The molecule has 2 atom stereocenters. The van der Waals surface area contributed by atoms with Gasteiger partial charge in [0, 0.05) is 13.1 Å². The number of carbonyl (C=O) groups is 3. The smallest absolute Gasteiger partial charge is 0.335 e. The summed E-state index contributed by atoms with van der Waals surface area (Å²) in [6, 6.07) is 15.7. The van der Waals surface area contributed by atoms with Gasteiger partial charge in [0.1, 0.15) is 0 Å². The summed E-state index contributed by atoms with van der Waals surface area (Å²) >= 11 is 0. The summed E-state index contributed by atoms with van der Waals surface area (Å²) < 4.78 is 0. The zero-order chi connectivity index (χ0) is 20.9. The first-order chi connectivity index (χ1) is 13.3. The van der Waals surface area contributed by atoms with Crippen molar-refractivity contribution in [1.82, 2.24) is 10.6 Å². The van der Waals surface area contributed by atoms with Crippen molar-refractivity contribution in [3.8, 4) is 0 Å². The number of nitrogens with one attached hydrogen (secondary N) is 2. The van der Waals surface area contributed by atoms with Crippen LogP contribution in [0, 0.1) is 0 Å². The van der Waals surface area contributed by atoms with Gasteiger partial charge >= 0.3 is 5.97 Å². The standard InChI is InChI=1S/C11H15NO3.C9H9NO3/c1-8(13)10(14)11(15)12-7-9-5-3-2-4-6-9;11-6-10-5-7-1-3-8(4-2-7)9(12)13/h2-6,8,10,13-14H,7H2,1H3,(H,12,15);1-4,6H,5H2,(H,10,11)(H,12,13)/t8-,10+;/m0./s1. The Morgan fingerprint density at radius 3 is 2.04 bits per heavy atom. The molecule has 0 bridgehead atoms. The van der Waals surface area contributed by atoms with Crippen LogP contribution in [-0.2, 0) is 22.7 Å². The van der Waals surface area contributed by atoms with Crippen molar-refractivity contribution in [2.24, 2.45) is 0 Å². The first kappa shape index (κ1) is 22.8. The van der Waals surface area contributed by atoms with Crippen LogP contribution >= 0.6 is 0 Å². The van der Waals surface area contributed by atoms with Crippen molar-refractivity contribution in [1.29, 1.82) is 0 Å². The predicted molar refractivity (Wildman–Crippen MR) is 102 cm³/mol.